The van der Waals surface area contributed by atoms with E-state index >= 15 is 0 Å². The van der Waals surface area contributed by atoms with E-state index in [2.05, 4.69) is 35.1 Å². The average Bonchev–Trinajstić information content (AvgIpc) is 2.32. The molecule has 0 aliphatic carbocycles. The highest BCUT2D eigenvalue weighted by atomic mass is 79.9. The Balaban J connectivity index is 2.72. The van der Waals surface area contributed by atoms with Crippen LogP contribution in [0.15, 0.2) is 22.7 Å². The lowest BCUT2D eigenvalue weighted by atomic mass is 9.97. The van der Waals surface area contributed by atoms with Crippen LogP contribution < -0.4 is 11.1 Å². The number of nitrogens with two attached hydrogens (primary N) is 1. The van der Waals surface area contributed by atoms with Crippen LogP contribution in [0.25, 0.3) is 0 Å². The summed E-state index contributed by atoms with van der Waals surface area (Å²) in [7, 11) is 0. The van der Waals surface area contributed by atoms with Gasteiger partial charge in [0.2, 0.25) is 5.91 Å². The molecule has 0 bridgehead atoms. The van der Waals surface area contributed by atoms with Crippen molar-refractivity contribution in [3.63, 3.8) is 0 Å². The summed E-state index contributed by atoms with van der Waals surface area (Å²) < 4.78 is 0.822. The first-order chi connectivity index (χ1) is 8.58. The highest BCUT2D eigenvalue weighted by molar-refractivity contribution is 9.10. The predicted octanol–water partition coefficient (Wildman–Crippen LogP) is 4.19. The molecule has 0 saturated carbocycles. The molecule has 0 unspecified atom stereocenters. The van der Waals surface area contributed by atoms with Gasteiger partial charge in [-0.2, -0.15) is 0 Å². The van der Waals surface area contributed by atoms with Crippen LogP contribution >= 0.6 is 15.9 Å². The van der Waals surface area contributed by atoms with E-state index in [0.29, 0.717) is 5.69 Å². The highest BCUT2D eigenvalue weighted by Gasteiger charge is 2.17. The number of hydrogen-bond donors (Lipinski definition) is 2. The minimum atomic E-state index is 0.101. The van der Waals surface area contributed by atoms with E-state index in [1.807, 2.05) is 6.07 Å². The summed E-state index contributed by atoms with van der Waals surface area (Å²) in [5, 5.41) is 2.97. The Labute approximate surface area is 117 Å². The van der Waals surface area contributed by atoms with Crippen LogP contribution in [0, 0.1) is 5.92 Å². The molecule has 0 spiro atoms. The van der Waals surface area contributed by atoms with Crippen molar-refractivity contribution < 1.29 is 4.79 Å². The quantitative estimate of drug-likeness (QED) is 0.774. The van der Waals surface area contributed by atoms with Crippen LogP contribution in [0.2, 0.25) is 0 Å². The summed E-state index contributed by atoms with van der Waals surface area (Å²) in [6.07, 6.45) is 3.93. The molecule has 1 rings (SSSR count). The largest absolute Gasteiger partial charge is 0.399 e. The van der Waals surface area contributed by atoms with E-state index in [9.17, 15) is 4.79 Å². The first-order valence-electron chi connectivity index (χ1n) is 6.44. The van der Waals surface area contributed by atoms with Crippen molar-refractivity contribution in [1.82, 2.24) is 0 Å². The van der Waals surface area contributed by atoms with E-state index in [4.69, 9.17) is 5.73 Å². The van der Waals surface area contributed by atoms with Gasteiger partial charge < -0.3 is 11.1 Å². The molecule has 1 aromatic carbocycles. The minimum Gasteiger partial charge on any atom is -0.399 e. The maximum absolute atomic E-state index is 12.2. The SMILES string of the molecule is CCCC(CCC)C(=O)Nc1ccc(N)cc1Br. The van der Waals surface area contributed by atoms with Crippen LogP contribution in [0.3, 0.4) is 0 Å². The van der Waals surface area contributed by atoms with E-state index in [1.54, 1.807) is 12.1 Å². The number of rotatable bonds is 6. The number of carbonyl (C=O) groups excluding carboxylic acids is 1. The third-order valence-corrected chi connectivity index (χ3v) is 3.55. The normalized spacial score (nSPS) is 10.7. The van der Waals surface area contributed by atoms with Gasteiger partial charge in [-0.1, -0.05) is 26.7 Å². The van der Waals surface area contributed by atoms with E-state index < -0.39 is 0 Å². The number of nitrogen functional groups attached to an aromatic ring is 1. The van der Waals surface area contributed by atoms with Gasteiger partial charge in [0.1, 0.15) is 0 Å². The molecule has 0 radical (unpaired) electrons. The first-order valence-corrected chi connectivity index (χ1v) is 7.23. The fourth-order valence-electron chi connectivity index (χ4n) is 1.97. The number of halogens is 1. The Morgan fingerprint density at radius 2 is 1.94 bits per heavy atom. The Bertz CT molecular complexity index is 401. The van der Waals surface area contributed by atoms with Crippen LogP contribution in [0.5, 0.6) is 0 Å². The van der Waals surface area contributed by atoms with Gasteiger partial charge in [0.15, 0.2) is 0 Å². The molecule has 4 heteroatoms. The van der Waals surface area contributed by atoms with Gasteiger partial charge in [-0.25, -0.2) is 0 Å². The lowest BCUT2D eigenvalue weighted by molar-refractivity contribution is -0.120. The third kappa shape index (κ3) is 4.33. The van der Waals surface area contributed by atoms with E-state index in [0.717, 1.165) is 35.8 Å². The zero-order valence-electron chi connectivity index (χ0n) is 11.0. The third-order valence-electron chi connectivity index (χ3n) is 2.90. The highest BCUT2D eigenvalue weighted by Crippen LogP contribution is 2.26. The fraction of sp³-hybridized carbons (Fsp3) is 0.500. The molecule has 3 N–H and O–H groups in total. The molecule has 1 amide bonds. The van der Waals surface area contributed by atoms with Crippen molar-refractivity contribution in [2.45, 2.75) is 39.5 Å². The number of carbonyl (C=O) groups is 1. The van der Waals surface area contributed by atoms with Gasteiger partial charge in [0.25, 0.3) is 0 Å². The van der Waals surface area contributed by atoms with E-state index in [-0.39, 0.29) is 11.8 Å². The van der Waals surface area contributed by atoms with Crippen molar-refractivity contribution in [3.05, 3.63) is 22.7 Å². The molecule has 0 aliphatic heterocycles. The van der Waals surface area contributed by atoms with Crippen molar-refractivity contribution in [3.8, 4) is 0 Å². The smallest absolute Gasteiger partial charge is 0.227 e. The average molecular weight is 313 g/mol. The fourth-order valence-corrected chi connectivity index (χ4v) is 2.47. The molecule has 0 aromatic heterocycles. The second kappa shape index (κ2) is 7.41. The second-order valence-electron chi connectivity index (χ2n) is 4.50. The summed E-state index contributed by atoms with van der Waals surface area (Å²) in [5.41, 5.74) is 7.13. The van der Waals surface area contributed by atoms with Crippen molar-refractivity contribution in [1.29, 1.82) is 0 Å². The summed E-state index contributed by atoms with van der Waals surface area (Å²) in [6.45, 7) is 4.21. The Kier molecular flexibility index (Phi) is 6.19. The van der Waals surface area contributed by atoms with Crippen LogP contribution in [-0.4, -0.2) is 5.91 Å². The molecule has 1 aromatic rings. The number of hydrogen-bond acceptors (Lipinski definition) is 2. The van der Waals surface area contributed by atoms with E-state index in [1.165, 1.54) is 0 Å². The standard InChI is InChI=1S/C14H21BrN2O/c1-3-5-10(6-4-2)14(18)17-13-8-7-11(16)9-12(13)15/h7-10H,3-6,16H2,1-2H3,(H,17,18). The van der Waals surface area contributed by atoms with Gasteiger partial charge in [-0.15, -0.1) is 0 Å². The summed E-state index contributed by atoms with van der Waals surface area (Å²) in [5.74, 6) is 0.202. The zero-order chi connectivity index (χ0) is 13.5. The topological polar surface area (TPSA) is 55.1 Å². The molecular formula is C14H21BrN2O. The van der Waals surface area contributed by atoms with Crippen LogP contribution in [-0.2, 0) is 4.79 Å². The molecular weight excluding hydrogens is 292 g/mol. The maximum Gasteiger partial charge on any atom is 0.227 e. The maximum atomic E-state index is 12.2. The monoisotopic (exact) mass is 312 g/mol. The number of benzene rings is 1. The molecule has 0 heterocycles. The number of nitrogens with one attached hydrogen (secondary N) is 1. The van der Waals surface area contributed by atoms with Crippen molar-refractivity contribution in [2.75, 3.05) is 11.1 Å². The molecule has 0 fully saturated rings. The summed E-state index contributed by atoms with van der Waals surface area (Å²) >= 11 is 3.41. The van der Waals surface area contributed by atoms with Crippen molar-refractivity contribution in [2.24, 2.45) is 5.92 Å². The Hall–Kier alpha value is -1.03. The Morgan fingerprint density at radius 3 is 2.44 bits per heavy atom. The predicted molar refractivity (Wildman–Crippen MR) is 80.5 cm³/mol. The summed E-state index contributed by atoms with van der Waals surface area (Å²) in [4.78, 5) is 12.2. The van der Waals surface area contributed by atoms with Gasteiger partial charge in [0.05, 0.1) is 5.69 Å². The number of amides is 1. The minimum absolute atomic E-state index is 0.101. The lowest BCUT2D eigenvalue weighted by Gasteiger charge is -2.16. The van der Waals surface area contributed by atoms with Crippen molar-refractivity contribution >= 4 is 33.2 Å². The molecule has 18 heavy (non-hydrogen) atoms. The van der Waals surface area contributed by atoms with Gasteiger partial charge >= 0.3 is 0 Å². The molecule has 3 nitrogen and oxygen atoms in total. The zero-order valence-corrected chi connectivity index (χ0v) is 12.6. The van der Waals surface area contributed by atoms with Gasteiger partial charge in [-0.05, 0) is 47.0 Å². The van der Waals surface area contributed by atoms with Crippen LogP contribution in [0.4, 0.5) is 11.4 Å². The molecule has 0 saturated heterocycles. The number of anilines is 2. The van der Waals surface area contributed by atoms with Crippen LogP contribution in [0.1, 0.15) is 39.5 Å². The van der Waals surface area contributed by atoms with Gasteiger partial charge in [0, 0.05) is 16.1 Å². The first kappa shape index (κ1) is 15.0. The second-order valence-corrected chi connectivity index (χ2v) is 5.36. The molecule has 0 atom stereocenters. The lowest BCUT2D eigenvalue weighted by Crippen LogP contribution is -2.22. The molecule has 100 valence electrons. The Morgan fingerprint density at radius 1 is 1.33 bits per heavy atom. The van der Waals surface area contributed by atoms with Gasteiger partial charge in [-0.3, -0.25) is 4.79 Å². The molecule has 0 aliphatic rings. The summed E-state index contributed by atoms with van der Waals surface area (Å²) in [6, 6.07) is 5.41.